The van der Waals surface area contributed by atoms with Crippen LogP contribution in [0.15, 0.2) is 36.4 Å². The molecule has 5 heteroatoms. The molecule has 2 aromatic carbocycles. The van der Waals surface area contributed by atoms with Crippen molar-refractivity contribution in [2.24, 2.45) is 0 Å². The molecule has 0 radical (unpaired) electrons. The molecule has 0 saturated heterocycles. The normalized spacial score (nSPS) is 11.3. The number of amides is 1. The van der Waals surface area contributed by atoms with E-state index in [2.05, 4.69) is 33.3 Å². The minimum absolute atomic E-state index is 0.100. The van der Waals surface area contributed by atoms with E-state index < -0.39 is 0 Å². The third-order valence-corrected chi connectivity index (χ3v) is 4.67. The molecule has 1 amide bonds. The lowest BCUT2D eigenvalue weighted by atomic mass is 10.1. The number of hydrogen-bond donors (Lipinski definition) is 3. The lowest BCUT2D eigenvalue weighted by Crippen LogP contribution is -2.23. The highest BCUT2D eigenvalue weighted by Gasteiger charge is 2.11. The van der Waals surface area contributed by atoms with E-state index in [1.54, 1.807) is 0 Å². The second-order valence-corrected chi connectivity index (χ2v) is 6.52. The van der Waals surface area contributed by atoms with E-state index in [0.29, 0.717) is 12.1 Å². The monoisotopic (exact) mass is 332 g/mol. The van der Waals surface area contributed by atoms with Crippen molar-refractivity contribution in [3.05, 3.63) is 64.6 Å². The summed E-state index contributed by atoms with van der Waals surface area (Å²) in [6, 6.07) is 11.8. The van der Waals surface area contributed by atoms with E-state index in [0.717, 1.165) is 33.5 Å². The standard InChI is InChI=1S/C20H20N4O/c1-11-4-6-17-18(8-11)24-19(23-17)10-21-20(25)14-5-7-16-15(9-14)12(2)13(3)22-16/h4-9,22H,10H2,1-3H3,(H,21,25)(H,23,24). The molecule has 0 bridgehead atoms. The van der Waals surface area contributed by atoms with Gasteiger partial charge in [0.1, 0.15) is 5.82 Å². The highest BCUT2D eigenvalue weighted by molar-refractivity contribution is 5.99. The number of aryl methyl sites for hydroxylation is 3. The Labute approximate surface area is 145 Å². The molecular weight excluding hydrogens is 312 g/mol. The summed E-state index contributed by atoms with van der Waals surface area (Å²) in [6.45, 7) is 6.52. The highest BCUT2D eigenvalue weighted by atomic mass is 16.1. The summed E-state index contributed by atoms with van der Waals surface area (Å²) in [5.74, 6) is 0.653. The molecule has 0 fully saturated rings. The first-order valence-corrected chi connectivity index (χ1v) is 8.33. The summed E-state index contributed by atoms with van der Waals surface area (Å²) >= 11 is 0. The Morgan fingerprint density at radius 3 is 2.72 bits per heavy atom. The maximum Gasteiger partial charge on any atom is 0.251 e. The van der Waals surface area contributed by atoms with Gasteiger partial charge in [0, 0.05) is 22.2 Å². The van der Waals surface area contributed by atoms with Gasteiger partial charge in [0.05, 0.1) is 17.6 Å². The second-order valence-electron chi connectivity index (χ2n) is 6.52. The van der Waals surface area contributed by atoms with Crippen molar-refractivity contribution in [2.75, 3.05) is 0 Å². The molecule has 0 aliphatic heterocycles. The van der Waals surface area contributed by atoms with Crippen LogP contribution in [0.2, 0.25) is 0 Å². The van der Waals surface area contributed by atoms with Crippen molar-refractivity contribution in [1.29, 1.82) is 0 Å². The number of aromatic amines is 2. The Hall–Kier alpha value is -3.08. The minimum Gasteiger partial charge on any atom is -0.358 e. The first-order valence-electron chi connectivity index (χ1n) is 8.33. The van der Waals surface area contributed by atoms with Gasteiger partial charge >= 0.3 is 0 Å². The zero-order chi connectivity index (χ0) is 17.6. The van der Waals surface area contributed by atoms with E-state index in [1.165, 1.54) is 11.1 Å². The molecule has 3 N–H and O–H groups in total. The molecule has 2 aromatic heterocycles. The fourth-order valence-corrected chi connectivity index (χ4v) is 3.13. The lowest BCUT2D eigenvalue weighted by molar-refractivity contribution is 0.0950. The largest absolute Gasteiger partial charge is 0.358 e. The van der Waals surface area contributed by atoms with E-state index >= 15 is 0 Å². The molecule has 4 rings (SSSR count). The van der Waals surface area contributed by atoms with Crippen LogP contribution < -0.4 is 5.32 Å². The van der Waals surface area contributed by atoms with Gasteiger partial charge in [-0.05, 0) is 62.2 Å². The van der Waals surface area contributed by atoms with Crippen LogP contribution in [-0.4, -0.2) is 20.9 Å². The molecule has 126 valence electrons. The molecule has 2 heterocycles. The average molecular weight is 332 g/mol. The van der Waals surface area contributed by atoms with E-state index in [9.17, 15) is 4.79 Å². The molecule has 0 unspecified atom stereocenters. The first kappa shape index (κ1) is 15.4. The molecule has 0 aliphatic carbocycles. The van der Waals surface area contributed by atoms with Crippen LogP contribution in [0.25, 0.3) is 21.9 Å². The van der Waals surface area contributed by atoms with Crippen molar-refractivity contribution >= 4 is 27.8 Å². The summed E-state index contributed by atoms with van der Waals surface area (Å²) in [5, 5.41) is 4.03. The number of carbonyl (C=O) groups excluding carboxylic acids is 1. The van der Waals surface area contributed by atoms with Gasteiger partial charge in [-0.1, -0.05) is 6.07 Å². The summed E-state index contributed by atoms with van der Waals surface area (Å²) in [5.41, 5.74) is 7.10. The topological polar surface area (TPSA) is 73.6 Å². The zero-order valence-electron chi connectivity index (χ0n) is 14.5. The van der Waals surface area contributed by atoms with E-state index in [1.807, 2.05) is 44.2 Å². The lowest BCUT2D eigenvalue weighted by Gasteiger charge is -2.04. The summed E-state index contributed by atoms with van der Waals surface area (Å²) < 4.78 is 0. The van der Waals surface area contributed by atoms with Gasteiger partial charge in [0.25, 0.3) is 5.91 Å². The molecule has 4 aromatic rings. The number of rotatable bonds is 3. The van der Waals surface area contributed by atoms with Gasteiger partial charge < -0.3 is 15.3 Å². The number of benzene rings is 2. The van der Waals surface area contributed by atoms with Crippen molar-refractivity contribution in [3.8, 4) is 0 Å². The predicted octanol–water partition coefficient (Wildman–Crippen LogP) is 3.90. The van der Waals surface area contributed by atoms with Gasteiger partial charge in [0.15, 0.2) is 0 Å². The van der Waals surface area contributed by atoms with E-state index in [-0.39, 0.29) is 5.91 Å². The van der Waals surface area contributed by atoms with Crippen molar-refractivity contribution in [3.63, 3.8) is 0 Å². The molecule has 0 spiro atoms. The van der Waals surface area contributed by atoms with Crippen LogP contribution >= 0.6 is 0 Å². The number of nitrogens with zero attached hydrogens (tertiary/aromatic N) is 1. The van der Waals surface area contributed by atoms with Crippen LogP contribution in [0.1, 0.15) is 33.0 Å². The number of H-pyrrole nitrogens is 2. The Bertz CT molecular complexity index is 1100. The number of nitrogens with one attached hydrogen (secondary N) is 3. The maximum absolute atomic E-state index is 12.5. The Morgan fingerprint density at radius 2 is 1.88 bits per heavy atom. The summed E-state index contributed by atoms with van der Waals surface area (Å²) in [6.07, 6.45) is 0. The van der Waals surface area contributed by atoms with Gasteiger partial charge in [-0.15, -0.1) is 0 Å². The number of carbonyl (C=O) groups is 1. The third-order valence-electron chi connectivity index (χ3n) is 4.67. The Morgan fingerprint density at radius 1 is 1.04 bits per heavy atom. The number of fused-ring (bicyclic) bond motifs is 2. The molecule has 0 aliphatic rings. The smallest absolute Gasteiger partial charge is 0.251 e. The van der Waals surface area contributed by atoms with Crippen molar-refractivity contribution in [1.82, 2.24) is 20.3 Å². The van der Waals surface area contributed by atoms with Crippen LogP contribution in [0.3, 0.4) is 0 Å². The minimum atomic E-state index is -0.100. The Kier molecular flexibility index (Phi) is 3.57. The molecule has 25 heavy (non-hydrogen) atoms. The number of imidazole rings is 1. The Balaban J connectivity index is 1.53. The van der Waals surface area contributed by atoms with Gasteiger partial charge in [-0.25, -0.2) is 4.98 Å². The summed E-state index contributed by atoms with van der Waals surface area (Å²) in [4.78, 5) is 23.6. The molecule has 0 saturated carbocycles. The van der Waals surface area contributed by atoms with Crippen LogP contribution in [0, 0.1) is 20.8 Å². The average Bonchev–Trinajstić information content (AvgIpc) is 3.13. The maximum atomic E-state index is 12.5. The van der Waals surface area contributed by atoms with Gasteiger partial charge in [-0.3, -0.25) is 4.79 Å². The zero-order valence-corrected chi connectivity index (χ0v) is 14.5. The fraction of sp³-hybridized carbons (Fsp3) is 0.200. The van der Waals surface area contributed by atoms with Gasteiger partial charge in [-0.2, -0.15) is 0 Å². The molecule has 5 nitrogen and oxygen atoms in total. The second kappa shape index (κ2) is 5.77. The molecule has 0 atom stereocenters. The quantitative estimate of drug-likeness (QED) is 0.532. The predicted molar refractivity (Wildman–Crippen MR) is 99.8 cm³/mol. The SMILES string of the molecule is Cc1ccc2nc(CNC(=O)c3ccc4[nH]c(C)c(C)c4c3)[nH]c2c1. The number of aromatic nitrogens is 3. The van der Waals surface area contributed by atoms with Gasteiger partial charge in [0.2, 0.25) is 0 Å². The summed E-state index contributed by atoms with van der Waals surface area (Å²) in [7, 11) is 0. The van der Waals surface area contributed by atoms with E-state index in [4.69, 9.17) is 0 Å². The van der Waals surface area contributed by atoms with Crippen molar-refractivity contribution in [2.45, 2.75) is 27.3 Å². The third kappa shape index (κ3) is 2.78. The van der Waals surface area contributed by atoms with Crippen LogP contribution in [-0.2, 0) is 6.54 Å². The first-order chi connectivity index (χ1) is 12.0. The fourth-order valence-electron chi connectivity index (χ4n) is 3.13. The van der Waals surface area contributed by atoms with Crippen LogP contribution in [0.4, 0.5) is 0 Å². The van der Waals surface area contributed by atoms with Crippen molar-refractivity contribution < 1.29 is 4.79 Å². The highest BCUT2D eigenvalue weighted by Crippen LogP contribution is 2.22. The molecular formula is C20H20N4O. The number of hydrogen-bond acceptors (Lipinski definition) is 2. The van der Waals surface area contributed by atoms with Crippen LogP contribution in [0.5, 0.6) is 0 Å².